The molecule has 0 bridgehead atoms. The van der Waals surface area contributed by atoms with Gasteiger partial charge in [-0.3, -0.25) is 9.79 Å². The predicted molar refractivity (Wildman–Crippen MR) is 113 cm³/mol. The van der Waals surface area contributed by atoms with Crippen molar-refractivity contribution in [2.24, 2.45) is 22.2 Å². The monoisotopic (exact) mass is 476 g/mol. The summed E-state index contributed by atoms with van der Waals surface area (Å²) in [6, 6.07) is 0.516. The van der Waals surface area contributed by atoms with E-state index in [2.05, 4.69) is 15.2 Å². The van der Waals surface area contributed by atoms with E-state index in [1.165, 1.54) is 25.7 Å². The van der Waals surface area contributed by atoms with Gasteiger partial charge in [-0.2, -0.15) is 0 Å². The molecule has 7 heteroatoms. The Morgan fingerprint density at radius 2 is 1.85 bits per heavy atom. The van der Waals surface area contributed by atoms with Gasteiger partial charge in [-0.1, -0.05) is 20.3 Å². The second-order valence-corrected chi connectivity index (χ2v) is 8.47. The quantitative estimate of drug-likeness (QED) is 0.376. The van der Waals surface area contributed by atoms with Crippen molar-refractivity contribution in [2.45, 2.75) is 51.7 Å². The van der Waals surface area contributed by atoms with Gasteiger partial charge < -0.3 is 19.9 Å². The lowest BCUT2D eigenvalue weighted by Gasteiger charge is -2.63. The lowest BCUT2D eigenvalue weighted by Crippen LogP contribution is -2.73. The standard InChI is InChI=1S/C19H32N4O2.HI/c1-13(2)17(24)22-8-10-23(11-9-22)18(20-3)21-15-14-5-12-25-16(14)19(15)6-4-7-19;/h13-16H,4-12H2,1-3H3,(H,20,21);1H. The van der Waals surface area contributed by atoms with Crippen LogP contribution in [0.3, 0.4) is 0 Å². The van der Waals surface area contributed by atoms with Crippen LogP contribution in [0.25, 0.3) is 0 Å². The molecule has 1 spiro atoms. The average Bonchev–Trinajstić information content (AvgIpc) is 2.99. The second-order valence-electron chi connectivity index (χ2n) is 8.47. The van der Waals surface area contributed by atoms with Crippen LogP contribution < -0.4 is 5.32 Å². The molecule has 26 heavy (non-hydrogen) atoms. The van der Waals surface area contributed by atoms with E-state index in [0.717, 1.165) is 38.7 Å². The van der Waals surface area contributed by atoms with E-state index in [1.54, 1.807) is 0 Å². The first kappa shape index (κ1) is 20.2. The minimum atomic E-state index is 0. The van der Waals surface area contributed by atoms with Crippen LogP contribution in [0, 0.1) is 17.3 Å². The number of aliphatic imine (C=N–C) groups is 1. The molecule has 148 valence electrons. The van der Waals surface area contributed by atoms with Crippen LogP contribution >= 0.6 is 24.0 Å². The van der Waals surface area contributed by atoms with E-state index in [0.29, 0.717) is 23.5 Å². The molecule has 6 nitrogen and oxygen atoms in total. The molecule has 1 N–H and O–H groups in total. The Morgan fingerprint density at radius 1 is 1.19 bits per heavy atom. The highest BCUT2D eigenvalue weighted by Gasteiger charge is 2.66. The van der Waals surface area contributed by atoms with Crippen LogP contribution in [-0.2, 0) is 9.53 Å². The molecule has 0 aromatic rings. The lowest BCUT2D eigenvalue weighted by atomic mass is 9.46. The molecule has 2 aliphatic carbocycles. The average molecular weight is 476 g/mol. The van der Waals surface area contributed by atoms with Gasteiger partial charge in [0.15, 0.2) is 5.96 Å². The number of amides is 1. The molecule has 2 saturated carbocycles. The van der Waals surface area contributed by atoms with Crippen LogP contribution in [-0.4, -0.2) is 73.6 Å². The maximum absolute atomic E-state index is 12.2. The van der Waals surface area contributed by atoms with E-state index in [-0.39, 0.29) is 35.8 Å². The van der Waals surface area contributed by atoms with Crippen LogP contribution in [0.1, 0.15) is 39.5 Å². The van der Waals surface area contributed by atoms with E-state index < -0.39 is 0 Å². The summed E-state index contributed by atoms with van der Waals surface area (Å²) in [6.07, 6.45) is 5.58. The number of rotatable bonds is 2. The molecule has 0 radical (unpaired) electrons. The molecule has 2 aliphatic heterocycles. The topological polar surface area (TPSA) is 57.2 Å². The first-order valence-corrected chi connectivity index (χ1v) is 9.95. The fraction of sp³-hybridized carbons (Fsp3) is 0.895. The molecule has 2 heterocycles. The Labute approximate surface area is 174 Å². The zero-order valence-corrected chi connectivity index (χ0v) is 18.6. The molecule has 4 fully saturated rings. The van der Waals surface area contributed by atoms with Crippen molar-refractivity contribution in [1.82, 2.24) is 15.1 Å². The van der Waals surface area contributed by atoms with Crippen LogP contribution in [0.15, 0.2) is 4.99 Å². The van der Waals surface area contributed by atoms with Gasteiger partial charge in [0, 0.05) is 63.1 Å². The molecule has 4 rings (SSSR count). The van der Waals surface area contributed by atoms with E-state index in [1.807, 2.05) is 25.8 Å². The predicted octanol–water partition coefficient (Wildman–Crippen LogP) is 1.94. The van der Waals surface area contributed by atoms with Crippen molar-refractivity contribution < 1.29 is 9.53 Å². The van der Waals surface area contributed by atoms with Crippen molar-refractivity contribution in [3.05, 3.63) is 0 Å². The summed E-state index contributed by atoms with van der Waals surface area (Å²) < 4.78 is 6.03. The smallest absolute Gasteiger partial charge is 0.225 e. The SMILES string of the molecule is CN=C(NC1C2CCOC2C12CCC2)N1CCN(C(=O)C(C)C)CC1.I. The van der Waals surface area contributed by atoms with Crippen molar-refractivity contribution in [1.29, 1.82) is 0 Å². The van der Waals surface area contributed by atoms with Gasteiger partial charge in [-0.15, -0.1) is 24.0 Å². The Morgan fingerprint density at radius 3 is 2.38 bits per heavy atom. The maximum atomic E-state index is 12.2. The van der Waals surface area contributed by atoms with E-state index in [9.17, 15) is 4.79 Å². The minimum Gasteiger partial charge on any atom is -0.377 e. The molecule has 2 saturated heterocycles. The Kier molecular flexibility index (Phi) is 6.06. The van der Waals surface area contributed by atoms with Gasteiger partial charge in [0.25, 0.3) is 0 Å². The molecule has 1 amide bonds. The summed E-state index contributed by atoms with van der Waals surface area (Å²) in [5, 5.41) is 3.80. The summed E-state index contributed by atoms with van der Waals surface area (Å²) in [5.74, 6) is 2.01. The lowest BCUT2D eigenvalue weighted by molar-refractivity contribution is -0.171. The number of piperazine rings is 1. The van der Waals surface area contributed by atoms with E-state index >= 15 is 0 Å². The number of halogens is 1. The Balaban J connectivity index is 0.00000196. The van der Waals surface area contributed by atoms with Crippen LogP contribution in [0.4, 0.5) is 0 Å². The highest BCUT2D eigenvalue weighted by atomic mass is 127. The normalized spacial score (nSPS) is 32.6. The molecular weight excluding hydrogens is 443 g/mol. The number of nitrogens with zero attached hydrogens (tertiary/aromatic N) is 3. The Hall–Kier alpha value is -0.570. The summed E-state index contributed by atoms with van der Waals surface area (Å²) in [5.41, 5.74) is 0.368. The summed E-state index contributed by atoms with van der Waals surface area (Å²) in [7, 11) is 1.88. The molecule has 0 aromatic heterocycles. The molecular formula is C19H33IN4O2. The second kappa shape index (κ2) is 7.81. The summed E-state index contributed by atoms with van der Waals surface area (Å²) >= 11 is 0. The van der Waals surface area contributed by atoms with Crippen LogP contribution in [0.2, 0.25) is 0 Å². The first-order chi connectivity index (χ1) is 12.1. The zero-order valence-electron chi connectivity index (χ0n) is 16.2. The van der Waals surface area contributed by atoms with Crippen molar-refractivity contribution in [3.63, 3.8) is 0 Å². The molecule has 4 aliphatic rings. The van der Waals surface area contributed by atoms with Gasteiger partial charge >= 0.3 is 0 Å². The largest absolute Gasteiger partial charge is 0.377 e. The number of hydrogen-bond donors (Lipinski definition) is 1. The van der Waals surface area contributed by atoms with Crippen molar-refractivity contribution in [3.8, 4) is 0 Å². The van der Waals surface area contributed by atoms with Gasteiger partial charge in [0.1, 0.15) is 0 Å². The number of fused-ring (bicyclic) bond motifs is 2. The zero-order chi connectivity index (χ0) is 17.6. The third kappa shape index (κ3) is 3.12. The van der Waals surface area contributed by atoms with Gasteiger partial charge in [-0.05, 0) is 19.3 Å². The molecule has 3 unspecified atom stereocenters. The van der Waals surface area contributed by atoms with E-state index in [4.69, 9.17) is 4.74 Å². The third-order valence-corrected chi connectivity index (χ3v) is 6.92. The fourth-order valence-corrected chi connectivity index (χ4v) is 5.40. The minimum absolute atomic E-state index is 0. The maximum Gasteiger partial charge on any atom is 0.225 e. The number of carbonyl (C=O) groups is 1. The summed E-state index contributed by atoms with van der Waals surface area (Å²) in [4.78, 5) is 21.1. The van der Waals surface area contributed by atoms with Gasteiger partial charge in [0.2, 0.25) is 5.91 Å². The number of guanidine groups is 1. The van der Waals surface area contributed by atoms with Gasteiger partial charge in [-0.25, -0.2) is 0 Å². The number of ether oxygens (including phenoxy) is 1. The third-order valence-electron chi connectivity index (χ3n) is 6.92. The highest BCUT2D eigenvalue weighted by Crippen LogP contribution is 2.62. The van der Waals surface area contributed by atoms with Gasteiger partial charge in [0.05, 0.1) is 6.10 Å². The number of carbonyl (C=O) groups excluding carboxylic acids is 1. The van der Waals surface area contributed by atoms with Crippen molar-refractivity contribution >= 4 is 35.8 Å². The first-order valence-electron chi connectivity index (χ1n) is 9.95. The number of hydrogen-bond acceptors (Lipinski definition) is 3. The Bertz CT molecular complexity index is 556. The fourth-order valence-electron chi connectivity index (χ4n) is 5.40. The highest BCUT2D eigenvalue weighted by molar-refractivity contribution is 14.0. The summed E-state index contributed by atoms with van der Waals surface area (Å²) in [6.45, 7) is 8.19. The molecule has 0 aromatic carbocycles. The van der Waals surface area contributed by atoms with Crippen LogP contribution in [0.5, 0.6) is 0 Å². The van der Waals surface area contributed by atoms with Crippen molar-refractivity contribution in [2.75, 3.05) is 39.8 Å². The number of nitrogens with one attached hydrogen (secondary N) is 1. The molecule has 3 atom stereocenters.